The third-order valence-corrected chi connectivity index (χ3v) is 13.7. The summed E-state index contributed by atoms with van der Waals surface area (Å²) in [6.07, 6.45) is 0. The maximum Gasteiger partial charge on any atom is 0.0540 e. The monoisotopic (exact) mass is 751 g/mol. The summed E-state index contributed by atoms with van der Waals surface area (Å²) in [5.74, 6) is 0. The molecule has 0 aliphatic rings. The number of hydrogen-bond donors (Lipinski definition) is 0. The van der Waals surface area contributed by atoms with Crippen LogP contribution in [0.3, 0.4) is 0 Å². The van der Waals surface area contributed by atoms with Crippen molar-refractivity contribution in [2.45, 2.75) is 0 Å². The molecule has 1 heterocycles. The number of benzene rings is 12. The van der Waals surface area contributed by atoms with Gasteiger partial charge in [-0.1, -0.05) is 158 Å². The van der Waals surface area contributed by atoms with Gasteiger partial charge in [-0.3, -0.25) is 0 Å². The van der Waals surface area contributed by atoms with E-state index in [9.17, 15) is 0 Å². The van der Waals surface area contributed by atoms with Crippen LogP contribution in [0.5, 0.6) is 0 Å². The summed E-state index contributed by atoms with van der Waals surface area (Å²) in [4.78, 5) is 2.44. The second-order valence-corrected chi connectivity index (χ2v) is 16.7. The van der Waals surface area contributed by atoms with E-state index in [1.54, 1.807) is 0 Å². The molecule has 13 rings (SSSR count). The van der Waals surface area contributed by atoms with E-state index in [1.807, 2.05) is 11.3 Å². The van der Waals surface area contributed by atoms with Gasteiger partial charge in [0.05, 0.1) is 11.4 Å². The molecule has 0 bridgehead atoms. The van der Waals surface area contributed by atoms with Crippen LogP contribution in [-0.4, -0.2) is 0 Å². The van der Waals surface area contributed by atoms with Crippen LogP contribution in [0.25, 0.3) is 107 Å². The Morgan fingerprint density at radius 1 is 0.293 bits per heavy atom. The molecule has 1 nitrogen and oxygen atoms in total. The average Bonchev–Trinajstić information content (AvgIpc) is 3.65. The minimum Gasteiger partial charge on any atom is -0.309 e. The highest BCUT2D eigenvalue weighted by Crippen LogP contribution is 2.48. The highest BCUT2D eigenvalue weighted by molar-refractivity contribution is 7.26. The lowest BCUT2D eigenvalue weighted by atomic mass is 9.89. The Morgan fingerprint density at radius 2 is 0.845 bits per heavy atom. The fourth-order valence-electron chi connectivity index (χ4n) is 9.96. The Hall–Kier alpha value is -7.26. The minimum atomic E-state index is 1.14. The van der Waals surface area contributed by atoms with Crippen LogP contribution < -0.4 is 4.90 Å². The highest BCUT2D eigenvalue weighted by Gasteiger charge is 2.21. The van der Waals surface area contributed by atoms with Crippen molar-refractivity contribution in [3.63, 3.8) is 0 Å². The van der Waals surface area contributed by atoms with Crippen molar-refractivity contribution >= 4 is 124 Å². The third-order valence-electron chi connectivity index (χ3n) is 12.6. The Bertz CT molecular complexity index is 3800. The largest absolute Gasteiger partial charge is 0.309 e. The summed E-state index contributed by atoms with van der Waals surface area (Å²) in [6, 6.07) is 74.5. The Kier molecular flexibility index (Phi) is 6.66. The van der Waals surface area contributed by atoms with Crippen molar-refractivity contribution in [1.29, 1.82) is 0 Å². The van der Waals surface area contributed by atoms with Crippen LogP contribution in [-0.2, 0) is 0 Å². The molecule has 0 N–H and O–H groups in total. The van der Waals surface area contributed by atoms with Gasteiger partial charge in [0.25, 0.3) is 0 Å². The predicted molar refractivity (Wildman–Crippen MR) is 253 cm³/mol. The fraction of sp³-hybridized carbons (Fsp3) is 0. The molecule has 2 heteroatoms. The summed E-state index contributed by atoms with van der Waals surface area (Å²) < 4.78 is 2.65. The van der Waals surface area contributed by atoms with Crippen LogP contribution in [0.15, 0.2) is 200 Å². The van der Waals surface area contributed by atoms with Crippen LogP contribution in [0, 0.1) is 0 Å². The maximum absolute atomic E-state index is 2.45. The summed E-state index contributed by atoms with van der Waals surface area (Å²) >= 11 is 1.91. The number of rotatable bonds is 4. The fourth-order valence-corrected chi connectivity index (χ4v) is 11.1. The Labute approximate surface area is 338 Å². The lowest BCUT2D eigenvalue weighted by molar-refractivity contribution is 1.31. The van der Waals surface area contributed by atoms with Crippen LogP contribution >= 0.6 is 11.3 Å². The van der Waals surface area contributed by atoms with Crippen LogP contribution in [0.2, 0.25) is 0 Å². The van der Waals surface area contributed by atoms with Gasteiger partial charge in [-0.15, -0.1) is 11.3 Å². The van der Waals surface area contributed by atoms with E-state index >= 15 is 0 Å². The lowest BCUT2D eigenvalue weighted by Gasteiger charge is -2.29. The van der Waals surface area contributed by atoms with Gasteiger partial charge in [-0.25, -0.2) is 0 Å². The molecule has 0 unspecified atom stereocenters. The molecule has 1 aromatic heterocycles. The molecule has 0 atom stereocenters. The second-order valence-electron chi connectivity index (χ2n) is 15.6. The molecule has 0 spiro atoms. The molecule has 0 aliphatic carbocycles. The standard InChI is InChI=1S/C56H33NS/c1-2-13-38(14-3-1)57(51-20-10-12-34-11-4-5-15-40(34)51)52-30-25-36-22-28-46-39(26-21-35-23-29-47(52)56(36)55(35)46)37-24-27-45-50-32-48-43-18-8-6-16-41(43)42-17-7-9-19-44(42)49(48)33-54(50)58-53(45)31-37/h1-33H. The predicted octanol–water partition coefficient (Wildman–Crippen LogP) is 16.7. The van der Waals surface area contributed by atoms with E-state index in [2.05, 4.69) is 205 Å². The molecule has 0 aliphatic heterocycles. The van der Waals surface area contributed by atoms with Crippen molar-refractivity contribution in [3.05, 3.63) is 200 Å². The number of anilines is 3. The first-order chi connectivity index (χ1) is 28.8. The van der Waals surface area contributed by atoms with Crippen LogP contribution in [0.1, 0.15) is 0 Å². The molecular formula is C56H33NS. The molecule has 268 valence electrons. The Morgan fingerprint density at radius 3 is 1.62 bits per heavy atom. The first-order valence-corrected chi connectivity index (χ1v) is 20.8. The van der Waals surface area contributed by atoms with Crippen molar-refractivity contribution in [2.24, 2.45) is 0 Å². The number of thiophene rings is 1. The maximum atomic E-state index is 2.45. The summed E-state index contributed by atoms with van der Waals surface area (Å²) in [6.45, 7) is 0. The molecule has 0 saturated heterocycles. The molecular weight excluding hydrogens is 719 g/mol. The topological polar surface area (TPSA) is 3.24 Å². The smallest absolute Gasteiger partial charge is 0.0540 e. The molecule has 0 radical (unpaired) electrons. The van der Waals surface area contributed by atoms with Gasteiger partial charge in [-0.05, 0) is 118 Å². The van der Waals surface area contributed by atoms with Gasteiger partial charge in [0, 0.05) is 36.6 Å². The van der Waals surface area contributed by atoms with Crippen molar-refractivity contribution < 1.29 is 0 Å². The van der Waals surface area contributed by atoms with E-state index in [1.165, 1.54) is 118 Å². The number of hydrogen-bond acceptors (Lipinski definition) is 2. The van der Waals surface area contributed by atoms with Crippen molar-refractivity contribution in [3.8, 4) is 11.1 Å². The van der Waals surface area contributed by atoms with Gasteiger partial charge in [0.2, 0.25) is 0 Å². The van der Waals surface area contributed by atoms with E-state index in [0.29, 0.717) is 0 Å². The van der Waals surface area contributed by atoms with E-state index in [4.69, 9.17) is 0 Å². The van der Waals surface area contributed by atoms with Crippen LogP contribution in [0.4, 0.5) is 17.1 Å². The quantitative estimate of drug-likeness (QED) is 0.162. The van der Waals surface area contributed by atoms with Gasteiger partial charge >= 0.3 is 0 Å². The van der Waals surface area contributed by atoms with E-state index in [0.717, 1.165) is 5.69 Å². The van der Waals surface area contributed by atoms with Crippen molar-refractivity contribution in [2.75, 3.05) is 4.90 Å². The highest BCUT2D eigenvalue weighted by atomic mass is 32.1. The molecule has 13 aromatic rings. The minimum absolute atomic E-state index is 1.14. The normalized spacial score (nSPS) is 12.1. The molecule has 0 saturated carbocycles. The summed E-state index contributed by atoms with van der Waals surface area (Å²) in [5.41, 5.74) is 6.00. The zero-order chi connectivity index (χ0) is 37.9. The van der Waals surface area contributed by atoms with Gasteiger partial charge < -0.3 is 4.90 Å². The van der Waals surface area contributed by atoms with Gasteiger partial charge in [0.15, 0.2) is 0 Å². The average molecular weight is 752 g/mol. The number of fused-ring (bicyclic) bond motifs is 10. The second kappa shape index (κ2) is 12.1. The van der Waals surface area contributed by atoms with Gasteiger partial charge in [-0.2, -0.15) is 0 Å². The molecule has 58 heavy (non-hydrogen) atoms. The lowest BCUT2D eigenvalue weighted by Crippen LogP contribution is -2.11. The zero-order valence-electron chi connectivity index (χ0n) is 31.4. The molecule has 0 amide bonds. The number of para-hydroxylation sites is 1. The summed E-state index contributed by atoms with van der Waals surface area (Å²) in [7, 11) is 0. The first-order valence-electron chi connectivity index (χ1n) is 20.0. The number of nitrogens with zero attached hydrogens (tertiary/aromatic N) is 1. The molecule has 12 aromatic carbocycles. The third kappa shape index (κ3) is 4.52. The summed E-state index contributed by atoms with van der Waals surface area (Å²) in [5, 5.41) is 20.7. The Balaban J connectivity index is 1.02. The van der Waals surface area contributed by atoms with E-state index < -0.39 is 0 Å². The van der Waals surface area contributed by atoms with E-state index in [-0.39, 0.29) is 0 Å². The SMILES string of the molecule is c1ccc(N(c2cccc3ccccc23)c2ccc3ccc4c(-c5ccc6c(c5)sc5cc7c8ccccc8c8ccccc8c7cc56)ccc5ccc2c3c54)cc1. The molecule has 0 fully saturated rings. The zero-order valence-corrected chi connectivity index (χ0v) is 32.2. The van der Waals surface area contributed by atoms with Crippen molar-refractivity contribution in [1.82, 2.24) is 0 Å². The van der Waals surface area contributed by atoms with Gasteiger partial charge in [0.1, 0.15) is 0 Å². The first kappa shape index (κ1) is 31.9.